The molecule has 10 nitrogen and oxygen atoms in total. The number of hydrogen-bond donors (Lipinski definition) is 4. The number of oxime groups is 1. The summed E-state index contributed by atoms with van der Waals surface area (Å²) in [6, 6.07) is 25.3. The molecule has 0 aliphatic carbocycles. The number of hydrogen-bond acceptors (Lipinski definition) is 7. The van der Waals surface area contributed by atoms with E-state index < -0.39 is 12.2 Å². The molecule has 0 aromatic heterocycles. The average molecular weight is 558 g/mol. The minimum atomic E-state index is -0.965. The second kappa shape index (κ2) is 14.6. The van der Waals surface area contributed by atoms with Gasteiger partial charge in [-0.2, -0.15) is 0 Å². The summed E-state index contributed by atoms with van der Waals surface area (Å²) in [6.45, 7) is 2.73. The minimum absolute atomic E-state index is 0.000549. The number of ether oxygens (including phenoxy) is 1. The highest BCUT2D eigenvalue weighted by molar-refractivity contribution is 5.97. The molecular weight excluding hydrogens is 522 g/mol. The molecule has 10 heteroatoms. The lowest BCUT2D eigenvalue weighted by atomic mass is 9.86. The van der Waals surface area contributed by atoms with Crippen molar-refractivity contribution < 1.29 is 24.0 Å². The van der Waals surface area contributed by atoms with Gasteiger partial charge in [0.1, 0.15) is 12.6 Å². The molecule has 1 heterocycles. The molecule has 1 fully saturated rings. The van der Waals surface area contributed by atoms with Gasteiger partial charge < -0.3 is 26.4 Å². The van der Waals surface area contributed by atoms with Crippen molar-refractivity contribution in [3.8, 4) is 0 Å². The van der Waals surface area contributed by atoms with Gasteiger partial charge in [-0.25, -0.2) is 4.79 Å². The molecule has 0 saturated carbocycles. The molecule has 1 aliphatic heterocycles. The molecule has 5 N–H and O–H groups in total. The Labute approximate surface area is 239 Å². The minimum Gasteiger partial charge on any atom is -0.428 e. The van der Waals surface area contributed by atoms with E-state index in [0.717, 1.165) is 24.1 Å². The number of piperidine rings is 1. The second-order valence-corrected chi connectivity index (χ2v) is 9.88. The summed E-state index contributed by atoms with van der Waals surface area (Å²) >= 11 is 0. The maximum atomic E-state index is 12.8. The molecule has 3 aromatic carbocycles. The van der Waals surface area contributed by atoms with Gasteiger partial charge in [-0.15, -0.1) is 0 Å². The van der Waals surface area contributed by atoms with Crippen LogP contribution in [0.2, 0.25) is 0 Å². The second-order valence-electron chi connectivity index (χ2n) is 9.88. The molecule has 3 atom stereocenters. The first kappa shape index (κ1) is 29.3. The van der Waals surface area contributed by atoms with Crippen LogP contribution in [-0.2, 0) is 32.3 Å². The maximum absolute atomic E-state index is 12.8. The predicted octanol–water partition coefficient (Wildman–Crippen LogP) is 3.32. The van der Waals surface area contributed by atoms with Gasteiger partial charge in [0, 0.05) is 12.1 Å². The number of nitrogens with zero attached hydrogens (tertiary/aromatic N) is 1. The SMILES string of the molecule is C[C@H](NC(=O)[C@H]1C[C@@H](c2ccccc2)CCN1)C(=O)NCc1ccc(/C(N)=N/OC(=O)OCc2ccccc2)cc1. The maximum Gasteiger partial charge on any atom is 0.535 e. The fraction of sp³-hybridized carbons (Fsp3) is 0.290. The van der Waals surface area contributed by atoms with E-state index in [-0.39, 0.29) is 36.8 Å². The van der Waals surface area contributed by atoms with Crippen molar-refractivity contribution in [2.45, 2.75) is 50.9 Å². The molecule has 214 valence electrons. The molecule has 3 aromatic rings. The number of carbonyl (C=O) groups excluding carboxylic acids is 3. The first-order valence-electron chi connectivity index (χ1n) is 13.6. The van der Waals surface area contributed by atoms with Gasteiger partial charge in [0.05, 0.1) is 6.04 Å². The molecule has 0 spiro atoms. The average Bonchev–Trinajstić information content (AvgIpc) is 3.02. The Morgan fingerprint density at radius 1 is 0.976 bits per heavy atom. The van der Waals surface area contributed by atoms with E-state index in [9.17, 15) is 14.4 Å². The quantitative estimate of drug-likeness (QED) is 0.0984. The molecule has 0 bridgehead atoms. The van der Waals surface area contributed by atoms with Crippen molar-refractivity contribution in [3.05, 3.63) is 107 Å². The van der Waals surface area contributed by atoms with E-state index in [2.05, 4.69) is 33.2 Å². The van der Waals surface area contributed by atoms with E-state index in [1.54, 1.807) is 31.2 Å². The third-order valence-electron chi connectivity index (χ3n) is 6.88. The fourth-order valence-corrected chi connectivity index (χ4v) is 4.54. The van der Waals surface area contributed by atoms with Crippen LogP contribution in [0.5, 0.6) is 0 Å². The zero-order chi connectivity index (χ0) is 29.0. The van der Waals surface area contributed by atoms with E-state index >= 15 is 0 Å². The highest BCUT2D eigenvalue weighted by atomic mass is 16.8. The van der Waals surface area contributed by atoms with Crippen LogP contribution in [0.1, 0.15) is 47.9 Å². The van der Waals surface area contributed by atoms with E-state index in [1.807, 2.05) is 48.5 Å². The Hall–Kier alpha value is -4.70. The van der Waals surface area contributed by atoms with Crippen LogP contribution in [0.3, 0.4) is 0 Å². The topological polar surface area (TPSA) is 144 Å². The Kier molecular flexibility index (Phi) is 10.4. The molecule has 41 heavy (non-hydrogen) atoms. The normalized spacial score (nSPS) is 17.6. The van der Waals surface area contributed by atoms with Crippen LogP contribution >= 0.6 is 0 Å². The summed E-state index contributed by atoms with van der Waals surface area (Å²) in [4.78, 5) is 42.0. The van der Waals surface area contributed by atoms with Crippen molar-refractivity contribution in [2.75, 3.05) is 6.54 Å². The van der Waals surface area contributed by atoms with Crippen molar-refractivity contribution >= 4 is 23.8 Å². The van der Waals surface area contributed by atoms with Gasteiger partial charge in [0.15, 0.2) is 5.84 Å². The molecular formula is C31H35N5O5. The van der Waals surface area contributed by atoms with Crippen molar-refractivity contribution in [2.24, 2.45) is 10.9 Å². The highest BCUT2D eigenvalue weighted by Crippen LogP contribution is 2.27. The summed E-state index contributed by atoms with van der Waals surface area (Å²) in [5.41, 5.74) is 9.31. The number of amides is 2. The van der Waals surface area contributed by atoms with E-state index in [4.69, 9.17) is 15.3 Å². The Bertz CT molecular complexity index is 1330. The summed E-state index contributed by atoms with van der Waals surface area (Å²) in [7, 11) is 0. The highest BCUT2D eigenvalue weighted by Gasteiger charge is 2.29. The molecule has 1 saturated heterocycles. The molecule has 0 unspecified atom stereocenters. The lowest BCUT2D eigenvalue weighted by Crippen LogP contribution is -2.53. The third kappa shape index (κ3) is 8.91. The van der Waals surface area contributed by atoms with Crippen LogP contribution in [0.4, 0.5) is 4.79 Å². The Morgan fingerprint density at radius 3 is 2.37 bits per heavy atom. The van der Waals surface area contributed by atoms with Crippen LogP contribution in [0, 0.1) is 0 Å². The number of benzene rings is 3. The number of rotatable bonds is 10. The lowest BCUT2D eigenvalue weighted by molar-refractivity contribution is -0.130. The number of nitrogens with two attached hydrogens (primary N) is 1. The Balaban J connectivity index is 1.19. The Morgan fingerprint density at radius 2 is 1.66 bits per heavy atom. The summed E-state index contributed by atoms with van der Waals surface area (Å²) in [6.07, 6.45) is 0.685. The zero-order valence-electron chi connectivity index (χ0n) is 22.9. The fourth-order valence-electron chi connectivity index (χ4n) is 4.54. The van der Waals surface area contributed by atoms with Crippen LogP contribution in [0.15, 0.2) is 90.1 Å². The van der Waals surface area contributed by atoms with Crippen molar-refractivity contribution in [3.63, 3.8) is 0 Å². The summed E-state index contributed by atoms with van der Waals surface area (Å²) in [5, 5.41) is 12.6. The molecule has 4 rings (SSSR count). The first-order chi connectivity index (χ1) is 19.9. The number of nitrogens with one attached hydrogen (secondary N) is 3. The predicted molar refractivity (Wildman–Crippen MR) is 155 cm³/mol. The summed E-state index contributed by atoms with van der Waals surface area (Å²) in [5.74, 6) is -0.168. The van der Waals surface area contributed by atoms with Gasteiger partial charge in [-0.05, 0) is 48.9 Å². The van der Waals surface area contributed by atoms with E-state index in [0.29, 0.717) is 17.9 Å². The van der Waals surface area contributed by atoms with Gasteiger partial charge in [-0.1, -0.05) is 90.1 Å². The molecule has 2 amide bonds. The zero-order valence-corrected chi connectivity index (χ0v) is 22.9. The van der Waals surface area contributed by atoms with Gasteiger partial charge in [0.25, 0.3) is 0 Å². The smallest absolute Gasteiger partial charge is 0.428 e. The van der Waals surface area contributed by atoms with Gasteiger partial charge in [0.2, 0.25) is 11.8 Å². The standard InChI is InChI=1S/C31H35N5O5/c1-21(35-30(38)27-18-26(16-17-33-27)24-10-6-3-7-11-24)29(37)34-19-22-12-14-25(15-13-22)28(32)36-41-31(39)40-20-23-8-4-2-5-9-23/h2-15,21,26-27,33H,16-20H2,1H3,(H2,32,36)(H,34,37)(H,35,38)/t21-,26-,27+/m0/s1. The van der Waals surface area contributed by atoms with Gasteiger partial charge in [-0.3, -0.25) is 14.4 Å². The third-order valence-corrected chi connectivity index (χ3v) is 6.88. The molecule has 0 radical (unpaired) electrons. The first-order valence-corrected chi connectivity index (χ1v) is 13.6. The summed E-state index contributed by atoms with van der Waals surface area (Å²) < 4.78 is 4.99. The van der Waals surface area contributed by atoms with Crippen LogP contribution in [-0.4, -0.2) is 42.4 Å². The number of amidine groups is 1. The lowest BCUT2D eigenvalue weighted by Gasteiger charge is -2.30. The van der Waals surface area contributed by atoms with Crippen molar-refractivity contribution in [1.29, 1.82) is 0 Å². The van der Waals surface area contributed by atoms with Crippen LogP contribution in [0.25, 0.3) is 0 Å². The number of carbonyl (C=O) groups is 3. The van der Waals surface area contributed by atoms with Gasteiger partial charge >= 0.3 is 6.16 Å². The van der Waals surface area contributed by atoms with Crippen molar-refractivity contribution in [1.82, 2.24) is 16.0 Å². The van der Waals surface area contributed by atoms with E-state index in [1.165, 1.54) is 5.56 Å². The van der Waals surface area contributed by atoms with Crippen LogP contribution < -0.4 is 21.7 Å². The monoisotopic (exact) mass is 557 g/mol. The molecule has 1 aliphatic rings. The largest absolute Gasteiger partial charge is 0.535 e.